The lowest BCUT2D eigenvalue weighted by Gasteiger charge is -2.34. The number of rotatable bonds is 9. The zero-order valence-corrected chi connectivity index (χ0v) is 14.7. The minimum absolute atomic E-state index is 0. The number of nitrogens with zero attached hydrogens (tertiary/aromatic N) is 1. The molecule has 1 fully saturated rings. The summed E-state index contributed by atoms with van der Waals surface area (Å²) in [6.45, 7) is 11.8. The van der Waals surface area contributed by atoms with Gasteiger partial charge in [0.05, 0.1) is 32.7 Å². The minimum Gasteiger partial charge on any atom is -1.00 e. The Labute approximate surface area is 125 Å². The lowest BCUT2D eigenvalue weighted by Crippen LogP contribution is -3.00. The first-order valence-electron chi connectivity index (χ1n) is 7.35. The maximum atomic E-state index is 5.90. The molecular weight excluding hydrogens is 282 g/mol. The SMILES string of the molecule is CCO[Si](CC[N+]1(C)CCCC1)(OCC)OCC.[Cl-]. The average Bonchev–Trinajstić information content (AvgIpc) is 2.76. The molecule has 0 N–H and O–H groups in total. The van der Waals surface area contributed by atoms with E-state index in [0.717, 1.165) is 17.1 Å². The van der Waals surface area contributed by atoms with Gasteiger partial charge in [-0.05, 0) is 20.8 Å². The molecule has 0 aromatic rings. The standard InChI is InChI=1S/C13H30NO3Si.ClH/c1-5-15-18(16-6-2,17-7-3)13-12-14(4)10-8-9-11-14;/h5-13H2,1-4H3;1H/q+1;/p-1. The highest BCUT2D eigenvalue weighted by molar-refractivity contribution is 6.60. The van der Waals surface area contributed by atoms with Crippen LogP contribution in [0.4, 0.5) is 0 Å². The molecule has 0 aromatic carbocycles. The van der Waals surface area contributed by atoms with E-state index in [1.807, 2.05) is 20.8 Å². The van der Waals surface area contributed by atoms with Gasteiger partial charge in [0.2, 0.25) is 0 Å². The van der Waals surface area contributed by atoms with Gasteiger partial charge in [0.1, 0.15) is 0 Å². The summed E-state index contributed by atoms with van der Waals surface area (Å²) in [5.41, 5.74) is 0. The number of hydrogen-bond acceptors (Lipinski definition) is 3. The van der Waals surface area contributed by atoms with E-state index in [-0.39, 0.29) is 12.4 Å². The van der Waals surface area contributed by atoms with Crippen LogP contribution in [0.1, 0.15) is 33.6 Å². The van der Waals surface area contributed by atoms with Gasteiger partial charge in [-0.15, -0.1) is 0 Å². The lowest BCUT2D eigenvalue weighted by molar-refractivity contribution is -0.895. The zero-order valence-electron chi connectivity index (χ0n) is 12.9. The summed E-state index contributed by atoms with van der Waals surface area (Å²) in [6.07, 6.45) is 2.70. The van der Waals surface area contributed by atoms with Crippen molar-refractivity contribution in [1.82, 2.24) is 0 Å². The van der Waals surface area contributed by atoms with E-state index in [4.69, 9.17) is 13.3 Å². The Morgan fingerprint density at radius 3 is 1.68 bits per heavy atom. The smallest absolute Gasteiger partial charge is 0.506 e. The summed E-state index contributed by atoms with van der Waals surface area (Å²) in [5, 5.41) is 0. The van der Waals surface area contributed by atoms with Crippen molar-refractivity contribution in [2.45, 2.75) is 39.7 Å². The molecule has 0 unspecified atom stereocenters. The molecule has 4 nitrogen and oxygen atoms in total. The van der Waals surface area contributed by atoms with Crippen molar-refractivity contribution in [3.05, 3.63) is 0 Å². The molecule has 1 saturated heterocycles. The first-order valence-corrected chi connectivity index (χ1v) is 9.28. The van der Waals surface area contributed by atoms with E-state index in [1.165, 1.54) is 25.9 Å². The third-order valence-electron chi connectivity index (χ3n) is 3.70. The predicted octanol–water partition coefficient (Wildman–Crippen LogP) is -0.721. The zero-order chi connectivity index (χ0) is 13.5. The van der Waals surface area contributed by atoms with Crippen LogP contribution in [0.15, 0.2) is 0 Å². The largest absolute Gasteiger partial charge is 1.00 e. The quantitative estimate of drug-likeness (QED) is 0.415. The molecule has 116 valence electrons. The predicted molar refractivity (Wildman–Crippen MR) is 75.5 cm³/mol. The number of halogens is 1. The van der Waals surface area contributed by atoms with Crippen molar-refractivity contribution < 1.29 is 30.2 Å². The van der Waals surface area contributed by atoms with Gasteiger partial charge >= 0.3 is 8.80 Å². The maximum Gasteiger partial charge on any atom is 0.506 e. The van der Waals surface area contributed by atoms with Crippen LogP contribution in [0, 0.1) is 0 Å². The molecule has 0 atom stereocenters. The monoisotopic (exact) mass is 311 g/mol. The van der Waals surface area contributed by atoms with Gasteiger partial charge < -0.3 is 30.2 Å². The van der Waals surface area contributed by atoms with Crippen molar-refractivity contribution in [3.63, 3.8) is 0 Å². The Morgan fingerprint density at radius 2 is 1.32 bits per heavy atom. The summed E-state index contributed by atoms with van der Waals surface area (Å²) in [7, 11) is -0.0824. The van der Waals surface area contributed by atoms with Crippen LogP contribution in [0.3, 0.4) is 0 Å². The van der Waals surface area contributed by atoms with E-state index < -0.39 is 8.80 Å². The Hall–Kier alpha value is 0.347. The van der Waals surface area contributed by atoms with Crippen molar-refractivity contribution in [1.29, 1.82) is 0 Å². The minimum atomic E-state index is -2.43. The highest BCUT2D eigenvalue weighted by Gasteiger charge is 2.43. The Morgan fingerprint density at radius 1 is 0.895 bits per heavy atom. The molecule has 19 heavy (non-hydrogen) atoms. The van der Waals surface area contributed by atoms with Crippen LogP contribution in [-0.4, -0.2) is 59.8 Å². The molecule has 1 heterocycles. The topological polar surface area (TPSA) is 27.7 Å². The second-order valence-electron chi connectivity index (χ2n) is 5.23. The molecule has 6 heteroatoms. The van der Waals surface area contributed by atoms with Crippen LogP contribution in [0.25, 0.3) is 0 Å². The van der Waals surface area contributed by atoms with Crippen LogP contribution in [-0.2, 0) is 13.3 Å². The molecule has 0 amide bonds. The second-order valence-corrected chi connectivity index (χ2v) is 7.96. The van der Waals surface area contributed by atoms with Crippen molar-refractivity contribution in [2.24, 2.45) is 0 Å². The molecule has 0 aromatic heterocycles. The summed E-state index contributed by atoms with van der Waals surface area (Å²) in [5.74, 6) is 0. The summed E-state index contributed by atoms with van der Waals surface area (Å²) >= 11 is 0. The van der Waals surface area contributed by atoms with Crippen LogP contribution in [0.5, 0.6) is 0 Å². The molecule has 1 rings (SSSR count). The Balaban J connectivity index is 0.00000324. The van der Waals surface area contributed by atoms with Crippen LogP contribution < -0.4 is 12.4 Å². The Kier molecular flexibility index (Phi) is 9.48. The number of likely N-dealkylation sites (tertiary alicyclic amines) is 1. The van der Waals surface area contributed by atoms with Gasteiger partial charge in [-0.1, -0.05) is 0 Å². The summed E-state index contributed by atoms with van der Waals surface area (Å²) in [4.78, 5) is 0. The highest BCUT2D eigenvalue weighted by atomic mass is 35.5. The average molecular weight is 312 g/mol. The van der Waals surface area contributed by atoms with E-state index in [9.17, 15) is 0 Å². The molecule has 1 aliphatic rings. The van der Waals surface area contributed by atoms with Gasteiger partial charge in [-0.3, -0.25) is 0 Å². The fraction of sp³-hybridized carbons (Fsp3) is 1.00. The molecule has 0 spiro atoms. The normalized spacial score (nSPS) is 18.3. The van der Waals surface area contributed by atoms with Gasteiger partial charge in [0, 0.05) is 32.7 Å². The molecule has 1 aliphatic heterocycles. The Bertz CT molecular complexity index is 221. The number of quaternary nitrogens is 1. The first-order chi connectivity index (χ1) is 8.60. The fourth-order valence-electron chi connectivity index (χ4n) is 2.73. The van der Waals surface area contributed by atoms with E-state index >= 15 is 0 Å². The summed E-state index contributed by atoms with van der Waals surface area (Å²) < 4.78 is 18.9. The highest BCUT2D eigenvalue weighted by Crippen LogP contribution is 2.22. The molecule has 0 radical (unpaired) electrons. The second kappa shape index (κ2) is 9.31. The third kappa shape index (κ3) is 6.10. The van der Waals surface area contributed by atoms with Gasteiger partial charge in [-0.2, -0.15) is 0 Å². The van der Waals surface area contributed by atoms with E-state index in [0.29, 0.717) is 19.8 Å². The van der Waals surface area contributed by atoms with Gasteiger partial charge in [-0.25, -0.2) is 0 Å². The van der Waals surface area contributed by atoms with E-state index in [2.05, 4.69) is 7.05 Å². The number of hydrogen-bond donors (Lipinski definition) is 0. The van der Waals surface area contributed by atoms with Crippen molar-refractivity contribution in [3.8, 4) is 0 Å². The lowest BCUT2D eigenvalue weighted by atomic mass is 10.4. The van der Waals surface area contributed by atoms with Crippen LogP contribution >= 0.6 is 0 Å². The molecule has 0 bridgehead atoms. The maximum absolute atomic E-state index is 5.90. The molecular formula is C13H30ClNO3Si. The summed E-state index contributed by atoms with van der Waals surface area (Å²) in [6, 6.07) is 0.943. The first kappa shape index (κ1) is 19.3. The fourth-order valence-corrected chi connectivity index (χ4v) is 5.55. The third-order valence-corrected chi connectivity index (χ3v) is 6.72. The molecule has 0 saturated carbocycles. The van der Waals surface area contributed by atoms with Crippen molar-refractivity contribution in [2.75, 3.05) is 46.5 Å². The van der Waals surface area contributed by atoms with Gasteiger partial charge in [0.25, 0.3) is 0 Å². The molecule has 0 aliphatic carbocycles. The van der Waals surface area contributed by atoms with Crippen LogP contribution in [0.2, 0.25) is 6.04 Å². The van der Waals surface area contributed by atoms with Gasteiger partial charge in [0.15, 0.2) is 0 Å². The van der Waals surface area contributed by atoms with Crippen molar-refractivity contribution >= 4 is 8.80 Å². The van der Waals surface area contributed by atoms with E-state index in [1.54, 1.807) is 0 Å².